The smallest absolute Gasteiger partial charge is 0.333 e. The summed E-state index contributed by atoms with van der Waals surface area (Å²) in [6, 6.07) is 22.8. The molecule has 5 nitrogen and oxygen atoms in total. The maximum atomic E-state index is 13.4. The van der Waals surface area contributed by atoms with E-state index < -0.39 is 6.04 Å². The number of fused-ring (bicyclic) bond motifs is 4. The first kappa shape index (κ1) is 30.3. The predicted octanol–water partition coefficient (Wildman–Crippen LogP) is 8.84. The summed E-state index contributed by atoms with van der Waals surface area (Å²) in [4.78, 5) is 28.1. The van der Waals surface area contributed by atoms with Crippen LogP contribution in [0.1, 0.15) is 82.4 Å². The van der Waals surface area contributed by atoms with Gasteiger partial charge in [0.15, 0.2) is 6.04 Å². The van der Waals surface area contributed by atoms with Gasteiger partial charge in [0.2, 0.25) is 5.91 Å². The Balaban J connectivity index is 1.57. The van der Waals surface area contributed by atoms with Crippen molar-refractivity contribution in [1.82, 2.24) is 5.32 Å². The normalized spacial score (nSPS) is 14.3. The number of nitrogens with zero attached hydrogens (tertiary/aromatic N) is 1. The molecule has 5 heteroatoms. The number of carbonyl (C=O) groups excluding carboxylic acids is 2. The van der Waals surface area contributed by atoms with Gasteiger partial charge in [-0.3, -0.25) is 4.79 Å². The van der Waals surface area contributed by atoms with Crippen molar-refractivity contribution in [2.24, 2.45) is 0 Å². The fourth-order valence-corrected chi connectivity index (χ4v) is 6.34. The molecule has 1 heterocycles. The second-order valence-electron chi connectivity index (χ2n) is 11.7. The number of hydrogen-bond acceptors (Lipinski definition) is 4. The van der Waals surface area contributed by atoms with Gasteiger partial charge in [0.1, 0.15) is 0 Å². The van der Waals surface area contributed by atoms with Gasteiger partial charge in [-0.15, -0.1) is 0 Å². The van der Waals surface area contributed by atoms with Gasteiger partial charge in [0, 0.05) is 23.9 Å². The molecule has 4 aromatic rings. The molecule has 0 radical (unpaired) electrons. The second-order valence-corrected chi connectivity index (χ2v) is 11.7. The minimum absolute atomic E-state index is 0.124. The van der Waals surface area contributed by atoms with Crippen LogP contribution in [0.4, 0.5) is 11.4 Å². The highest BCUT2D eigenvalue weighted by atomic mass is 16.5. The number of amides is 1. The Kier molecular flexibility index (Phi) is 9.81. The Morgan fingerprint density at radius 3 is 2.35 bits per heavy atom. The molecule has 1 unspecified atom stereocenters. The summed E-state index contributed by atoms with van der Waals surface area (Å²) < 4.78 is 5.59. The van der Waals surface area contributed by atoms with Gasteiger partial charge in [-0.1, -0.05) is 101 Å². The molecular weight excluding hydrogens is 532 g/mol. The highest BCUT2D eigenvalue weighted by Crippen LogP contribution is 2.44. The number of unbranched alkanes of at least 4 members (excludes halogenated alkanes) is 3. The number of anilines is 2. The first-order valence-electron chi connectivity index (χ1n) is 15.9. The van der Waals surface area contributed by atoms with Crippen LogP contribution in [-0.2, 0) is 20.7 Å². The van der Waals surface area contributed by atoms with Crippen LogP contribution in [0.3, 0.4) is 0 Å². The van der Waals surface area contributed by atoms with Crippen molar-refractivity contribution in [3.63, 3.8) is 0 Å². The van der Waals surface area contributed by atoms with Gasteiger partial charge < -0.3 is 15.0 Å². The van der Waals surface area contributed by atoms with E-state index in [-0.39, 0.29) is 11.9 Å². The van der Waals surface area contributed by atoms with E-state index in [0.717, 1.165) is 57.7 Å². The van der Waals surface area contributed by atoms with Gasteiger partial charge in [-0.05, 0) is 71.2 Å². The Bertz CT molecular complexity index is 1630. The molecule has 1 aliphatic rings. The summed E-state index contributed by atoms with van der Waals surface area (Å²) in [7, 11) is 0. The number of esters is 1. The molecule has 0 saturated carbocycles. The lowest BCUT2D eigenvalue weighted by atomic mass is 9.90. The fourth-order valence-electron chi connectivity index (χ4n) is 6.34. The molecule has 0 bridgehead atoms. The fraction of sp³-hybridized carbons (Fsp3) is 0.368. The minimum Gasteiger partial charge on any atom is -0.464 e. The van der Waals surface area contributed by atoms with Crippen molar-refractivity contribution in [3.8, 4) is 0 Å². The van der Waals surface area contributed by atoms with Gasteiger partial charge in [-0.25, -0.2) is 4.79 Å². The topological polar surface area (TPSA) is 58.6 Å². The van der Waals surface area contributed by atoms with Gasteiger partial charge >= 0.3 is 5.97 Å². The monoisotopic (exact) mass is 576 g/mol. The van der Waals surface area contributed by atoms with E-state index in [1.807, 2.05) is 13.0 Å². The lowest BCUT2D eigenvalue weighted by Gasteiger charge is -2.36. The third kappa shape index (κ3) is 6.46. The predicted molar refractivity (Wildman–Crippen MR) is 179 cm³/mol. The van der Waals surface area contributed by atoms with Gasteiger partial charge in [-0.2, -0.15) is 0 Å². The number of carbonyl (C=O) groups is 2. The van der Waals surface area contributed by atoms with Crippen LogP contribution < -0.4 is 10.2 Å². The lowest BCUT2D eigenvalue weighted by molar-refractivity contribution is -0.143. The Morgan fingerprint density at radius 2 is 1.60 bits per heavy atom. The van der Waals surface area contributed by atoms with E-state index in [1.54, 1.807) is 0 Å². The first-order valence-corrected chi connectivity index (χ1v) is 15.9. The lowest BCUT2D eigenvalue weighted by Crippen LogP contribution is -2.40. The molecular formula is C38H44N2O3. The van der Waals surface area contributed by atoms with E-state index in [4.69, 9.17) is 4.74 Å². The molecule has 0 aliphatic carbocycles. The van der Waals surface area contributed by atoms with Crippen LogP contribution in [0.25, 0.3) is 27.6 Å². The Morgan fingerprint density at radius 1 is 0.860 bits per heavy atom. The number of ether oxygens (including phenoxy) is 1. The molecule has 1 atom stereocenters. The quantitative estimate of drug-likeness (QED) is 0.135. The maximum absolute atomic E-state index is 13.4. The molecule has 5 rings (SSSR count). The zero-order valence-corrected chi connectivity index (χ0v) is 26.0. The standard InChI is InChI=1S/C38H44N2O3/c1-5-7-8-9-19-35(41)39-25-24-29-14-10-13-28-20-22-32-31(36(28)29)21-23-34(38(42)43-6-2)40(32)33-18-12-16-27-15-11-17-30(26(3)4)37(27)33/h10-18,20-23,26,34H,5-9,19,24-25H2,1-4H3,(H,39,41). The molecule has 224 valence electrons. The van der Waals surface area contributed by atoms with Crippen molar-refractivity contribution in [2.45, 2.75) is 78.2 Å². The van der Waals surface area contributed by atoms with Crippen LogP contribution in [0.5, 0.6) is 0 Å². The number of benzene rings is 4. The molecule has 0 aromatic heterocycles. The van der Waals surface area contributed by atoms with E-state index in [1.165, 1.54) is 24.0 Å². The van der Waals surface area contributed by atoms with E-state index in [9.17, 15) is 9.59 Å². The Labute approximate surface area is 255 Å². The van der Waals surface area contributed by atoms with Crippen LogP contribution >= 0.6 is 0 Å². The summed E-state index contributed by atoms with van der Waals surface area (Å²) in [6.07, 6.45) is 9.76. The third-order valence-corrected chi connectivity index (χ3v) is 8.43. The maximum Gasteiger partial charge on any atom is 0.333 e. The van der Waals surface area contributed by atoms with Crippen LogP contribution in [0.15, 0.2) is 72.8 Å². The van der Waals surface area contributed by atoms with Crippen molar-refractivity contribution in [1.29, 1.82) is 0 Å². The summed E-state index contributed by atoms with van der Waals surface area (Å²) in [5, 5.41) is 7.74. The van der Waals surface area contributed by atoms with E-state index >= 15 is 0 Å². The molecule has 0 spiro atoms. The molecule has 1 aliphatic heterocycles. The van der Waals surface area contributed by atoms with Crippen LogP contribution in [-0.4, -0.2) is 31.1 Å². The van der Waals surface area contributed by atoms with Crippen molar-refractivity contribution < 1.29 is 14.3 Å². The number of hydrogen-bond donors (Lipinski definition) is 1. The van der Waals surface area contributed by atoms with Crippen molar-refractivity contribution in [3.05, 3.63) is 89.5 Å². The highest BCUT2D eigenvalue weighted by molar-refractivity contribution is 6.07. The molecule has 0 saturated heterocycles. The third-order valence-electron chi connectivity index (χ3n) is 8.43. The molecule has 0 fully saturated rings. The minimum atomic E-state index is -0.588. The second kappa shape index (κ2) is 13.9. The highest BCUT2D eigenvalue weighted by Gasteiger charge is 2.33. The molecule has 1 amide bonds. The number of rotatable bonds is 12. The number of nitrogens with one attached hydrogen (secondary N) is 1. The zero-order chi connectivity index (χ0) is 30.3. The summed E-state index contributed by atoms with van der Waals surface area (Å²) >= 11 is 0. The van der Waals surface area contributed by atoms with Crippen molar-refractivity contribution in [2.75, 3.05) is 18.1 Å². The van der Waals surface area contributed by atoms with Crippen molar-refractivity contribution >= 4 is 50.9 Å². The molecule has 1 N–H and O–H groups in total. The molecule has 43 heavy (non-hydrogen) atoms. The van der Waals surface area contributed by atoms with Gasteiger partial charge in [0.25, 0.3) is 0 Å². The van der Waals surface area contributed by atoms with Crippen LogP contribution in [0.2, 0.25) is 0 Å². The van der Waals surface area contributed by atoms with Crippen LogP contribution in [0, 0.1) is 0 Å². The summed E-state index contributed by atoms with van der Waals surface area (Å²) in [5.41, 5.74) is 5.49. The van der Waals surface area contributed by atoms with E-state index in [0.29, 0.717) is 25.5 Å². The summed E-state index contributed by atoms with van der Waals surface area (Å²) in [6.45, 7) is 9.36. The van der Waals surface area contributed by atoms with Gasteiger partial charge in [0.05, 0.1) is 18.0 Å². The zero-order valence-electron chi connectivity index (χ0n) is 26.0. The average Bonchev–Trinajstić information content (AvgIpc) is 3.02. The summed E-state index contributed by atoms with van der Waals surface area (Å²) in [5.74, 6) is 0.174. The van der Waals surface area contributed by atoms with E-state index in [2.05, 4.69) is 104 Å². The average molecular weight is 577 g/mol. The first-order chi connectivity index (χ1) is 20.9. The SMILES string of the molecule is CCCCCCC(=O)NCCc1cccc2ccc3c(c12)C=CC(C(=O)OCC)N3c1cccc2cccc(C(C)C)c12. The molecule has 4 aromatic carbocycles. The largest absolute Gasteiger partial charge is 0.464 e. The Hall–Kier alpha value is -4.12.